The van der Waals surface area contributed by atoms with Crippen molar-refractivity contribution < 1.29 is 19.3 Å². The fourth-order valence-corrected chi connectivity index (χ4v) is 2.76. The second-order valence-corrected chi connectivity index (χ2v) is 6.55. The monoisotopic (exact) mass is 382 g/mol. The smallest absolute Gasteiger partial charge is 0.405 e. The Kier molecular flexibility index (Phi) is 6.92. The number of amides is 1. The molecule has 0 aliphatic carbocycles. The van der Waals surface area contributed by atoms with Crippen LogP contribution in [0.25, 0.3) is 0 Å². The van der Waals surface area contributed by atoms with Gasteiger partial charge in [0.1, 0.15) is 10.0 Å². The van der Waals surface area contributed by atoms with Gasteiger partial charge in [0.05, 0.1) is 5.69 Å². The van der Waals surface area contributed by atoms with E-state index in [4.69, 9.17) is 45.3 Å². The third-order valence-corrected chi connectivity index (χ3v) is 4.22. The maximum Gasteiger partial charge on any atom is 0.405 e. The van der Waals surface area contributed by atoms with Crippen LogP contribution in [-0.4, -0.2) is 35.5 Å². The molecule has 1 aromatic rings. The molecule has 1 amide bonds. The van der Waals surface area contributed by atoms with Crippen molar-refractivity contribution in [3.63, 3.8) is 0 Å². The summed E-state index contributed by atoms with van der Waals surface area (Å²) in [7, 11) is 0. The number of aromatic amines is 1. The number of halogens is 3. The van der Waals surface area contributed by atoms with Gasteiger partial charge in [0.25, 0.3) is 11.1 Å². The predicted molar refractivity (Wildman–Crippen MR) is 89.8 cm³/mol. The molecule has 1 aromatic heterocycles. The molecule has 0 saturated heterocycles. The highest BCUT2D eigenvalue weighted by atomic mass is 35.5. The number of esters is 1. The van der Waals surface area contributed by atoms with Crippen LogP contribution in [0.15, 0.2) is 0 Å². The molecule has 0 unspecified atom stereocenters. The Labute approximate surface area is 149 Å². The van der Waals surface area contributed by atoms with Gasteiger partial charge in [-0.1, -0.05) is 23.2 Å². The van der Waals surface area contributed by atoms with Crippen LogP contribution in [0.2, 0.25) is 15.2 Å². The summed E-state index contributed by atoms with van der Waals surface area (Å²) in [6.07, 6.45) is 0. The third kappa shape index (κ3) is 4.62. The van der Waals surface area contributed by atoms with Crippen molar-refractivity contribution in [3.8, 4) is 0 Å². The number of nitrogens with one attached hydrogen (secondary N) is 1. The van der Waals surface area contributed by atoms with E-state index in [0.717, 1.165) is 0 Å². The first-order chi connectivity index (χ1) is 10.6. The lowest BCUT2D eigenvalue weighted by Gasteiger charge is -2.30. The minimum atomic E-state index is -0.846. The van der Waals surface area contributed by atoms with Crippen molar-refractivity contribution in [1.29, 1.82) is 0 Å². The summed E-state index contributed by atoms with van der Waals surface area (Å²) in [6.45, 7) is 7.10. The Hall–Kier alpha value is -1.24. The van der Waals surface area contributed by atoms with Gasteiger partial charge < -0.3 is 15.4 Å². The second-order valence-electron chi connectivity index (χ2n) is 5.42. The van der Waals surface area contributed by atoms with E-state index >= 15 is 0 Å². The van der Waals surface area contributed by atoms with E-state index in [0.29, 0.717) is 0 Å². The number of nitrogens with zero attached hydrogens (tertiary/aromatic N) is 1. The van der Waals surface area contributed by atoms with E-state index in [9.17, 15) is 9.59 Å². The number of carbonyl (C=O) groups excluding carboxylic acids is 2. The van der Waals surface area contributed by atoms with Gasteiger partial charge in [-0.2, -0.15) is 4.98 Å². The second kappa shape index (κ2) is 8.04. The fraction of sp³-hybridized carbons (Fsp3) is 0.500. The van der Waals surface area contributed by atoms with E-state index in [-0.39, 0.29) is 44.6 Å². The summed E-state index contributed by atoms with van der Waals surface area (Å²) >= 11 is 17.6. The number of rotatable bonds is 5. The average molecular weight is 384 g/mol. The van der Waals surface area contributed by atoms with Gasteiger partial charge in [0.2, 0.25) is 0 Å². The zero-order chi connectivity index (χ0) is 17.9. The van der Waals surface area contributed by atoms with Crippen molar-refractivity contribution in [2.24, 2.45) is 0 Å². The van der Waals surface area contributed by atoms with Gasteiger partial charge in [-0.05, 0) is 39.3 Å². The number of hydrogen-bond acceptors (Lipinski definition) is 4. The van der Waals surface area contributed by atoms with Gasteiger partial charge in [0, 0.05) is 12.1 Å². The van der Waals surface area contributed by atoms with Gasteiger partial charge >= 0.3 is 11.7 Å². The van der Waals surface area contributed by atoms with Crippen LogP contribution < -0.4 is 10.7 Å². The Balaban J connectivity index is 2.88. The molecule has 0 aliphatic heterocycles. The summed E-state index contributed by atoms with van der Waals surface area (Å²) in [6, 6.07) is -0.0334. The molecule has 0 aliphatic rings. The van der Waals surface area contributed by atoms with Gasteiger partial charge in [0.15, 0.2) is 6.61 Å². The summed E-state index contributed by atoms with van der Waals surface area (Å²) < 4.78 is 5.00. The number of pyridine rings is 1. The molecular formula is C14H19Cl3N3O3+. The summed E-state index contributed by atoms with van der Waals surface area (Å²) in [5.41, 5.74) is 5.45. The molecule has 0 radical (unpaired) electrons. The van der Waals surface area contributed by atoms with Crippen molar-refractivity contribution in [1.82, 2.24) is 4.90 Å². The van der Waals surface area contributed by atoms with Crippen LogP contribution in [-0.2, 0) is 9.53 Å². The largest absolute Gasteiger partial charge is 0.448 e. The van der Waals surface area contributed by atoms with Gasteiger partial charge in [-0.15, -0.1) is 0 Å². The van der Waals surface area contributed by atoms with Crippen LogP contribution in [0.5, 0.6) is 0 Å². The fourth-order valence-electron chi connectivity index (χ4n) is 2.16. The molecule has 0 atom stereocenters. The number of hydrogen-bond donors (Lipinski definition) is 1. The Morgan fingerprint density at radius 2 is 1.65 bits per heavy atom. The Morgan fingerprint density at radius 1 is 1.13 bits per heavy atom. The quantitative estimate of drug-likeness (QED) is 0.625. The first-order valence-electron chi connectivity index (χ1n) is 6.91. The number of aromatic nitrogens is 1. The maximum atomic E-state index is 12.2. The molecule has 23 heavy (non-hydrogen) atoms. The Morgan fingerprint density at radius 3 is 2.13 bits per heavy atom. The first kappa shape index (κ1) is 19.8. The number of H-pyrrole nitrogens is 1. The minimum Gasteiger partial charge on any atom is -0.448 e. The molecule has 0 fully saturated rings. The van der Waals surface area contributed by atoms with E-state index in [2.05, 4.69) is 4.98 Å². The van der Waals surface area contributed by atoms with Crippen molar-refractivity contribution in [2.75, 3.05) is 12.3 Å². The van der Waals surface area contributed by atoms with Crippen LogP contribution in [0.3, 0.4) is 0 Å². The number of carbonyl (C=O) groups is 2. The molecular weight excluding hydrogens is 365 g/mol. The van der Waals surface area contributed by atoms with E-state index in [1.807, 2.05) is 27.7 Å². The number of nitrogen functional groups attached to an aromatic ring is 1. The molecule has 3 N–H and O–H groups in total. The van der Waals surface area contributed by atoms with Gasteiger partial charge in [-0.25, -0.2) is 4.79 Å². The lowest BCUT2D eigenvalue weighted by molar-refractivity contribution is -0.380. The number of anilines is 1. The van der Waals surface area contributed by atoms with Crippen molar-refractivity contribution in [3.05, 3.63) is 20.9 Å². The molecule has 0 bridgehead atoms. The predicted octanol–water partition coefficient (Wildman–Crippen LogP) is 2.85. The first-order valence-corrected chi connectivity index (χ1v) is 8.04. The molecule has 6 nitrogen and oxygen atoms in total. The zero-order valence-corrected chi connectivity index (χ0v) is 15.5. The topological polar surface area (TPSA) is 86.8 Å². The van der Waals surface area contributed by atoms with Crippen LogP contribution in [0.4, 0.5) is 5.69 Å². The molecule has 1 heterocycles. The highest BCUT2D eigenvalue weighted by Crippen LogP contribution is 2.32. The summed E-state index contributed by atoms with van der Waals surface area (Å²) in [4.78, 5) is 28.4. The standard InChI is InChI=1S/C14H18Cl3N3O3/c1-6(2)20(7(3)4)8(21)5-23-14(22)12-9(15)11(18)10(16)13(17)19-12/h6-7H,5H2,1-4H3,(H2,18,19)/p+1. The number of nitrogens with two attached hydrogens (primary N) is 1. The van der Waals surface area contributed by atoms with Crippen molar-refractivity contribution >= 4 is 52.4 Å². The maximum absolute atomic E-state index is 12.2. The molecule has 0 saturated carbocycles. The van der Waals surface area contributed by atoms with Crippen LogP contribution in [0, 0.1) is 0 Å². The van der Waals surface area contributed by atoms with E-state index in [1.54, 1.807) is 4.90 Å². The van der Waals surface area contributed by atoms with Gasteiger partial charge in [-0.3, -0.25) is 4.79 Å². The van der Waals surface area contributed by atoms with Crippen molar-refractivity contribution in [2.45, 2.75) is 39.8 Å². The third-order valence-electron chi connectivity index (χ3n) is 3.05. The van der Waals surface area contributed by atoms with E-state index in [1.165, 1.54) is 0 Å². The lowest BCUT2D eigenvalue weighted by atomic mass is 10.2. The minimum absolute atomic E-state index is 0.00934. The highest BCUT2D eigenvalue weighted by molar-refractivity contribution is 6.45. The SMILES string of the molecule is CC(C)N(C(=O)COC(=O)c1[nH+]c(Cl)c(Cl)c(N)c1Cl)C(C)C. The normalized spacial score (nSPS) is 11.0. The molecule has 0 aromatic carbocycles. The zero-order valence-electron chi connectivity index (χ0n) is 13.2. The molecule has 128 valence electrons. The highest BCUT2D eigenvalue weighted by Gasteiger charge is 2.29. The summed E-state index contributed by atoms with van der Waals surface area (Å²) in [5, 5.41) is -0.144. The summed E-state index contributed by atoms with van der Waals surface area (Å²) in [5.74, 6) is -1.16. The molecule has 0 spiro atoms. The van der Waals surface area contributed by atoms with Crippen LogP contribution >= 0.6 is 34.8 Å². The Bertz CT molecular complexity index is 613. The molecule has 1 rings (SSSR count). The van der Waals surface area contributed by atoms with Crippen LogP contribution in [0.1, 0.15) is 38.2 Å². The molecule has 9 heteroatoms. The number of ether oxygens (including phenoxy) is 1. The van der Waals surface area contributed by atoms with E-state index < -0.39 is 12.6 Å². The lowest BCUT2D eigenvalue weighted by Crippen LogP contribution is -2.44. The average Bonchev–Trinajstić information content (AvgIpc) is 2.45.